The molecule has 50 heavy (non-hydrogen) atoms. The first kappa shape index (κ1) is 37.4. The summed E-state index contributed by atoms with van der Waals surface area (Å²) in [6.45, 7) is 3.40. The number of hydrogen-bond acceptors (Lipinski definition) is 7. The Kier molecular flexibility index (Phi) is 13.7. The van der Waals surface area contributed by atoms with Crippen molar-refractivity contribution in [1.82, 2.24) is 26.6 Å². The number of nitrogens with one attached hydrogen (secondary N) is 5. The maximum atomic E-state index is 13.5. The molecule has 1 aromatic heterocycles. The second-order valence-electron chi connectivity index (χ2n) is 12.7. The molecule has 1 saturated carbocycles. The van der Waals surface area contributed by atoms with Gasteiger partial charge in [-0.25, -0.2) is 0 Å². The molecule has 0 bridgehead atoms. The molecule has 13 heteroatoms. The van der Waals surface area contributed by atoms with Gasteiger partial charge in [-0.2, -0.15) is 0 Å². The zero-order chi connectivity index (χ0) is 36.0. The Morgan fingerprint density at radius 3 is 2.04 bits per heavy atom. The number of furan rings is 1. The molecule has 0 aliphatic heterocycles. The second kappa shape index (κ2) is 18.3. The summed E-state index contributed by atoms with van der Waals surface area (Å²) >= 11 is 0. The standard InChI is InChI=1S/C37H46N6O7/c1-23(44)39-21-26-11-9-25(10-12-26)18-32(35(38)47)42-34(46)19-28-6-3-4-7-29(28)22-40-37(49)33(20-31-8-5-17-50-31)43-36(48)27-13-15-30(16-14-27)41-24(2)45/h3-12,17,27,30,32-33H,13-16,18-22H2,1-2H3,(H2,38,47)(H,39,44)(H,40,49)(H,41,45)(H,42,46)(H,43,48)/t27?,30?,32-,33-/m0/s1. The zero-order valence-electron chi connectivity index (χ0n) is 28.5. The summed E-state index contributed by atoms with van der Waals surface area (Å²) in [6, 6.07) is 16.1. The predicted octanol–water partition coefficient (Wildman–Crippen LogP) is 1.71. The molecule has 0 radical (unpaired) electrons. The van der Waals surface area contributed by atoms with Gasteiger partial charge < -0.3 is 36.7 Å². The molecule has 0 saturated heterocycles. The molecule has 6 amide bonds. The summed E-state index contributed by atoms with van der Waals surface area (Å²) in [6.07, 6.45) is 4.37. The molecule has 13 nitrogen and oxygen atoms in total. The zero-order valence-corrected chi connectivity index (χ0v) is 28.5. The Hall–Kier alpha value is -5.46. The van der Waals surface area contributed by atoms with Gasteiger partial charge in [0, 0.05) is 51.7 Å². The van der Waals surface area contributed by atoms with Gasteiger partial charge in [0.15, 0.2) is 0 Å². The number of rotatable bonds is 16. The van der Waals surface area contributed by atoms with Crippen molar-refractivity contribution in [2.45, 2.75) is 90.0 Å². The lowest BCUT2D eigenvalue weighted by molar-refractivity contribution is -0.132. The van der Waals surface area contributed by atoms with Crippen LogP contribution in [0, 0.1) is 5.92 Å². The van der Waals surface area contributed by atoms with Crippen molar-refractivity contribution in [1.29, 1.82) is 0 Å². The van der Waals surface area contributed by atoms with Crippen LogP contribution < -0.4 is 32.3 Å². The molecule has 4 rings (SSSR count). The molecule has 2 aromatic carbocycles. The van der Waals surface area contributed by atoms with E-state index in [4.69, 9.17) is 10.2 Å². The van der Waals surface area contributed by atoms with E-state index in [2.05, 4.69) is 26.6 Å². The topological polar surface area (TPSA) is 202 Å². The van der Waals surface area contributed by atoms with Gasteiger partial charge in [0.1, 0.15) is 17.8 Å². The van der Waals surface area contributed by atoms with Crippen molar-refractivity contribution in [2.75, 3.05) is 0 Å². The summed E-state index contributed by atoms with van der Waals surface area (Å²) in [5, 5.41) is 14.2. The molecule has 1 aliphatic rings. The van der Waals surface area contributed by atoms with Crippen LogP contribution in [0.3, 0.4) is 0 Å². The molecule has 3 aromatic rings. The van der Waals surface area contributed by atoms with E-state index in [-0.39, 0.29) is 55.5 Å². The lowest BCUT2D eigenvalue weighted by Gasteiger charge is -2.29. The van der Waals surface area contributed by atoms with Gasteiger partial charge in [0.25, 0.3) is 0 Å². The van der Waals surface area contributed by atoms with Crippen LogP contribution >= 0.6 is 0 Å². The van der Waals surface area contributed by atoms with Gasteiger partial charge in [0.05, 0.1) is 12.7 Å². The average molecular weight is 687 g/mol. The Labute approximate surface area is 291 Å². The van der Waals surface area contributed by atoms with E-state index in [1.54, 1.807) is 36.4 Å². The van der Waals surface area contributed by atoms with Crippen LogP contribution in [0.25, 0.3) is 0 Å². The quantitative estimate of drug-likeness (QED) is 0.132. The number of benzene rings is 2. The highest BCUT2D eigenvalue weighted by Crippen LogP contribution is 2.25. The minimum absolute atomic E-state index is 0.0444. The first-order valence-electron chi connectivity index (χ1n) is 16.8. The van der Waals surface area contributed by atoms with E-state index in [1.807, 2.05) is 24.3 Å². The number of primary amides is 1. The summed E-state index contributed by atoms with van der Waals surface area (Å²) in [5.41, 5.74) is 8.66. The Bertz CT molecular complexity index is 1630. The molecular weight excluding hydrogens is 640 g/mol. The Morgan fingerprint density at radius 1 is 0.740 bits per heavy atom. The molecule has 266 valence electrons. The lowest BCUT2D eigenvalue weighted by atomic mass is 9.85. The molecule has 1 fully saturated rings. The second-order valence-corrected chi connectivity index (χ2v) is 12.7. The highest BCUT2D eigenvalue weighted by Gasteiger charge is 2.30. The molecule has 0 unspecified atom stereocenters. The van der Waals surface area contributed by atoms with Crippen molar-refractivity contribution in [2.24, 2.45) is 11.7 Å². The lowest BCUT2D eigenvalue weighted by Crippen LogP contribution is -2.50. The van der Waals surface area contributed by atoms with Gasteiger partial charge in [0.2, 0.25) is 35.4 Å². The maximum Gasteiger partial charge on any atom is 0.243 e. The van der Waals surface area contributed by atoms with Gasteiger partial charge in [-0.15, -0.1) is 0 Å². The van der Waals surface area contributed by atoms with E-state index >= 15 is 0 Å². The predicted molar refractivity (Wildman–Crippen MR) is 185 cm³/mol. The van der Waals surface area contributed by atoms with Crippen LogP contribution in [0.5, 0.6) is 0 Å². The molecule has 2 atom stereocenters. The van der Waals surface area contributed by atoms with E-state index in [0.717, 1.165) is 11.1 Å². The van der Waals surface area contributed by atoms with Crippen LogP contribution in [0.2, 0.25) is 0 Å². The normalized spacial score (nSPS) is 16.7. The smallest absolute Gasteiger partial charge is 0.243 e. The maximum absolute atomic E-state index is 13.5. The van der Waals surface area contributed by atoms with Crippen LogP contribution in [-0.2, 0) is 61.1 Å². The van der Waals surface area contributed by atoms with Crippen LogP contribution in [0.4, 0.5) is 0 Å². The van der Waals surface area contributed by atoms with E-state index < -0.39 is 29.8 Å². The summed E-state index contributed by atoms with van der Waals surface area (Å²) in [5.74, 6) is -1.67. The van der Waals surface area contributed by atoms with Crippen molar-refractivity contribution >= 4 is 35.4 Å². The number of nitrogens with two attached hydrogens (primary N) is 1. The van der Waals surface area contributed by atoms with E-state index in [1.165, 1.54) is 20.1 Å². The van der Waals surface area contributed by atoms with Crippen LogP contribution in [0.1, 0.15) is 67.5 Å². The van der Waals surface area contributed by atoms with Gasteiger partial charge >= 0.3 is 0 Å². The molecule has 1 aliphatic carbocycles. The van der Waals surface area contributed by atoms with Gasteiger partial charge in [-0.05, 0) is 60.1 Å². The SMILES string of the molecule is CC(=O)NCc1ccc(C[C@H](NC(=O)Cc2ccccc2CNC(=O)[C@H](Cc2ccco2)NC(=O)C2CCC(NC(C)=O)CC2)C(N)=O)cc1. The Morgan fingerprint density at radius 2 is 1.42 bits per heavy atom. The number of hydrogen-bond donors (Lipinski definition) is 6. The van der Waals surface area contributed by atoms with Crippen LogP contribution in [-0.4, -0.2) is 53.6 Å². The largest absolute Gasteiger partial charge is 0.469 e. The van der Waals surface area contributed by atoms with Crippen molar-refractivity contribution in [3.8, 4) is 0 Å². The van der Waals surface area contributed by atoms with Crippen molar-refractivity contribution < 1.29 is 33.2 Å². The fourth-order valence-corrected chi connectivity index (χ4v) is 6.02. The Balaban J connectivity index is 1.34. The summed E-state index contributed by atoms with van der Waals surface area (Å²) in [4.78, 5) is 74.7. The molecule has 1 heterocycles. The third-order valence-corrected chi connectivity index (χ3v) is 8.73. The van der Waals surface area contributed by atoms with Gasteiger partial charge in [-0.3, -0.25) is 28.8 Å². The third-order valence-electron chi connectivity index (χ3n) is 8.73. The van der Waals surface area contributed by atoms with Crippen molar-refractivity contribution in [3.63, 3.8) is 0 Å². The first-order valence-corrected chi connectivity index (χ1v) is 16.8. The number of carbonyl (C=O) groups is 6. The molecule has 7 N–H and O–H groups in total. The van der Waals surface area contributed by atoms with Crippen LogP contribution in [0.15, 0.2) is 71.3 Å². The van der Waals surface area contributed by atoms with E-state index in [9.17, 15) is 28.8 Å². The first-order chi connectivity index (χ1) is 24.0. The van der Waals surface area contributed by atoms with E-state index in [0.29, 0.717) is 49.1 Å². The fourth-order valence-electron chi connectivity index (χ4n) is 6.02. The summed E-state index contributed by atoms with van der Waals surface area (Å²) < 4.78 is 5.46. The summed E-state index contributed by atoms with van der Waals surface area (Å²) in [7, 11) is 0. The van der Waals surface area contributed by atoms with Crippen molar-refractivity contribution in [3.05, 3.63) is 94.9 Å². The minimum Gasteiger partial charge on any atom is -0.469 e. The monoisotopic (exact) mass is 686 g/mol. The number of carbonyl (C=O) groups excluding carboxylic acids is 6. The minimum atomic E-state index is -0.943. The van der Waals surface area contributed by atoms with Gasteiger partial charge in [-0.1, -0.05) is 48.5 Å². The number of amides is 6. The fraction of sp³-hybridized carbons (Fsp3) is 0.405. The highest BCUT2D eigenvalue weighted by atomic mass is 16.3. The molecule has 0 spiro atoms. The highest BCUT2D eigenvalue weighted by molar-refractivity contribution is 5.89. The third kappa shape index (κ3) is 11.9. The average Bonchev–Trinajstić information content (AvgIpc) is 3.60. The molecular formula is C37H46N6O7.